The molecule has 0 aliphatic heterocycles. The topological polar surface area (TPSA) is 101 Å². The number of para-hydroxylation sites is 1. The molecule has 31 heavy (non-hydrogen) atoms. The van der Waals surface area contributed by atoms with E-state index >= 15 is 0 Å². The van der Waals surface area contributed by atoms with Crippen molar-refractivity contribution in [1.82, 2.24) is 9.88 Å². The summed E-state index contributed by atoms with van der Waals surface area (Å²) in [5.74, 6) is -1.79. The van der Waals surface area contributed by atoms with Crippen molar-refractivity contribution in [2.75, 3.05) is 0 Å². The molecule has 1 fully saturated rings. The number of aryl methyl sites for hydroxylation is 1. The van der Waals surface area contributed by atoms with Crippen molar-refractivity contribution in [3.05, 3.63) is 64.5 Å². The Hall–Kier alpha value is -3.26. The third-order valence-electron chi connectivity index (χ3n) is 5.55. The molecular weight excluding hydrogens is 414 g/mol. The Morgan fingerprint density at radius 1 is 1.16 bits per heavy atom. The van der Waals surface area contributed by atoms with Gasteiger partial charge in [0.1, 0.15) is 11.6 Å². The van der Waals surface area contributed by atoms with Crippen LogP contribution in [-0.4, -0.2) is 33.0 Å². The van der Waals surface area contributed by atoms with Gasteiger partial charge in [0.15, 0.2) is 4.80 Å². The first kappa shape index (κ1) is 21.0. The first-order chi connectivity index (χ1) is 14.8. The standard InChI is InChI=1S/C23H23N3O4S/c1-3-16(20(28)25-23(12-13-23)21(29)30)26-17-6-4-5-7-18(17)31-22(26)24-19(27)15-10-8-14(2)9-11-15/h4-11,16H,3,12-13H2,1-2H3,(H,25,28)(H,29,30). The first-order valence-electron chi connectivity index (χ1n) is 10.2. The Kier molecular flexibility index (Phi) is 5.49. The molecular formula is C23H23N3O4S. The lowest BCUT2D eigenvalue weighted by Gasteiger charge is -2.21. The zero-order valence-electron chi connectivity index (χ0n) is 17.3. The summed E-state index contributed by atoms with van der Waals surface area (Å²) in [6, 6.07) is 14.0. The minimum atomic E-state index is -1.17. The SMILES string of the molecule is CCC(C(=O)NC1(C(=O)O)CC1)n1c(=NC(=O)c2ccc(C)cc2)sc2ccccc21. The zero-order valence-corrected chi connectivity index (χ0v) is 18.1. The maximum Gasteiger partial charge on any atom is 0.329 e. The highest BCUT2D eigenvalue weighted by Gasteiger charge is 2.52. The maximum atomic E-state index is 13.1. The van der Waals surface area contributed by atoms with Gasteiger partial charge in [0.25, 0.3) is 5.91 Å². The molecule has 2 amide bonds. The van der Waals surface area contributed by atoms with E-state index in [0.29, 0.717) is 29.6 Å². The number of hydrogen-bond acceptors (Lipinski definition) is 4. The van der Waals surface area contributed by atoms with Crippen molar-refractivity contribution in [2.45, 2.75) is 44.7 Å². The number of benzene rings is 2. The Bertz CT molecular complexity index is 1240. The quantitative estimate of drug-likeness (QED) is 0.617. The largest absolute Gasteiger partial charge is 0.480 e. The Morgan fingerprint density at radius 2 is 1.84 bits per heavy atom. The number of rotatable bonds is 6. The molecule has 8 heteroatoms. The van der Waals surface area contributed by atoms with Crippen molar-refractivity contribution >= 4 is 39.3 Å². The maximum absolute atomic E-state index is 13.1. The highest BCUT2D eigenvalue weighted by Crippen LogP contribution is 2.36. The smallest absolute Gasteiger partial charge is 0.329 e. The van der Waals surface area contributed by atoms with E-state index < -0.39 is 17.6 Å². The molecule has 2 N–H and O–H groups in total. The van der Waals surface area contributed by atoms with E-state index in [0.717, 1.165) is 15.8 Å². The molecule has 160 valence electrons. The fourth-order valence-corrected chi connectivity index (χ4v) is 4.61. The number of nitrogens with zero attached hydrogens (tertiary/aromatic N) is 2. The van der Waals surface area contributed by atoms with Crippen LogP contribution < -0.4 is 10.1 Å². The van der Waals surface area contributed by atoms with E-state index in [-0.39, 0.29) is 11.8 Å². The lowest BCUT2D eigenvalue weighted by atomic mass is 10.1. The van der Waals surface area contributed by atoms with E-state index in [4.69, 9.17) is 0 Å². The number of nitrogens with one attached hydrogen (secondary N) is 1. The van der Waals surface area contributed by atoms with Crippen molar-refractivity contribution in [3.63, 3.8) is 0 Å². The van der Waals surface area contributed by atoms with Crippen molar-refractivity contribution in [1.29, 1.82) is 0 Å². The number of fused-ring (bicyclic) bond motifs is 1. The van der Waals surface area contributed by atoms with Crippen LogP contribution in [0.4, 0.5) is 0 Å². The van der Waals surface area contributed by atoms with Gasteiger partial charge >= 0.3 is 5.97 Å². The van der Waals surface area contributed by atoms with Gasteiger partial charge in [-0.25, -0.2) is 4.79 Å². The van der Waals surface area contributed by atoms with Crippen LogP contribution in [0.5, 0.6) is 0 Å². The molecule has 2 aromatic carbocycles. The Labute approximate surface area is 183 Å². The van der Waals surface area contributed by atoms with Gasteiger partial charge < -0.3 is 15.0 Å². The number of carboxylic acids is 1. The average Bonchev–Trinajstić information content (AvgIpc) is 3.45. The number of carbonyl (C=O) groups is 3. The first-order valence-corrected chi connectivity index (χ1v) is 11.0. The van der Waals surface area contributed by atoms with Crippen molar-refractivity contribution < 1.29 is 19.5 Å². The second-order valence-electron chi connectivity index (χ2n) is 7.81. The van der Waals surface area contributed by atoms with Gasteiger partial charge in [-0.15, -0.1) is 0 Å². The molecule has 3 aromatic rings. The van der Waals surface area contributed by atoms with E-state index in [9.17, 15) is 19.5 Å². The lowest BCUT2D eigenvalue weighted by Crippen LogP contribution is -2.47. The average molecular weight is 438 g/mol. The molecule has 1 aliphatic rings. The number of thiazole rings is 1. The van der Waals surface area contributed by atoms with E-state index in [1.807, 2.05) is 50.2 Å². The van der Waals surface area contributed by atoms with Crippen molar-refractivity contribution in [2.24, 2.45) is 4.99 Å². The summed E-state index contributed by atoms with van der Waals surface area (Å²) in [5.41, 5.74) is 1.12. The molecule has 0 saturated heterocycles. The molecule has 1 heterocycles. The molecule has 7 nitrogen and oxygen atoms in total. The second kappa shape index (κ2) is 8.11. The summed E-state index contributed by atoms with van der Waals surface area (Å²) in [6.45, 7) is 3.80. The monoisotopic (exact) mass is 437 g/mol. The Morgan fingerprint density at radius 3 is 2.45 bits per heavy atom. The van der Waals surface area contributed by atoms with Gasteiger partial charge in [-0.2, -0.15) is 4.99 Å². The molecule has 4 rings (SSSR count). The number of amides is 2. The molecule has 1 atom stereocenters. The predicted molar refractivity (Wildman–Crippen MR) is 118 cm³/mol. The molecule has 1 aromatic heterocycles. The molecule has 0 spiro atoms. The highest BCUT2D eigenvalue weighted by atomic mass is 32.1. The predicted octanol–water partition coefficient (Wildman–Crippen LogP) is 3.44. The fraction of sp³-hybridized carbons (Fsp3) is 0.304. The van der Waals surface area contributed by atoms with Crippen LogP contribution in [0, 0.1) is 6.92 Å². The Balaban J connectivity index is 1.78. The summed E-state index contributed by atoms with van der Waals surface area (Å²) in [7, 11) is 0. The molecule has 1 unspecified atom stereocenters. The second-order valence-corrected chi connectivity index (χ2v) is 8.81. The van der Waals surface area contributed by atoms with Gasteiger partial charge in [-0.05, 0) is 50.5 Å². The van der Waals surface area contributed by atoms with Crippen LogP contribution in [0.3, 0.4) is 0 Å². The molecule has 0 bridgehead atoms. The number of carbonyl (C=O) groups excluding carboxylic acids is 2. The van der Waals surface area contributed by atoms with E-state index in [1.54, 1.807) is 16.7 Å². The summed E-state index contributed by atoms with van der Waals surface area (Å²) in [6.07, 6.45) is 1.26. The minimum absolute atomic E-state index is 0.379. The fourth-order valence-electron chi connectivity index (χ4n) is 3.54. The molecule has 0 radical (unpaired) electrons. The van der Waals surface area contributed by atoms with Gasteiger partial charge in [0, 0.05) is 5.56 Å². The third-order valence-corrected chi connectivity index (χ3v) is 6.59. The number of hydrogen-bond donors (Lipinski definition) is 2. The number of aromatic nitrogens is 1. The van der Waals surface area contributed by atoms with Crippen LogP contribution >= 0.6 is 11.3 Å². The van der Waals surface area contributed by atoms with E-state index in [2.05, 4.69) is 10.3 Å². The van der Waals surface area contributed by atoms with Gasteiger partial charge in [-0.1, -0.05) is 48.1 Å². The van der Waals surface area contributed by atoms with Gasteiger partial charge in [0.2, 0.25) is 5.91 Å². The summed E-state index contributed by atoms with van der Waals surface area (Å²) >= 11 is 1.33. The molecule has 1 aliphatic carbocycles. The summed E-state index contributed by atoms with van der Waals surface area (Å²) < 4.78 is 2.64. The molecule has 1 saturated carbocycles. The normalized spacial score (nSPS) is 16.1. The van der Waals surface area contributed by atoms with Gasteiger partial charge in [-0.3, -0.25) is 9.59 Å². The van der Waals surface area contributed by atoms with Crippen LogP contribution in [-0.2, 0) is 9.59 Å². The third kappa shape index (κ3) is 4.03. The van der Waals surface area contributed by atoms with Crippen LogP contribution in [0.15, 0.2) is 53.5 Å². The number of aliphatic carboxylic acids is 1. The summed E-state index contributed by atoms with van der Waals surface area (Å²) in [5, 5.41) is 12.2. The van der Waals surface area contributed by atoms with Crippen LogP contribution in [0.2, 0.25) is 0 Å². The number of carboxylic acid groups (broad SMARTS) is 1. The van der Waals surface area contributed by atoms with E-state index in [1.165, 1.54) is 11.3 Å². The van der Waals surface area contributed by atoms with Crippen LogP contribution in [0.25, 0.3) is 10.2 Å². The zero-order chi connectivity index (χ0) is 22.2. The minimum Gasteiger partial charge on any atom is -0.480 e. The lowest BCUT2D eigenvalue weighted by molar-refractivity contribution is -0.143. The van der Waals surface area contributed by atoms with Crippen molar-refractivity contribution in [3.8, 4) is 0 Å². The van der Waals surface area contributed by atoms with Crippen LogP contribution in [0.1, 0.15) is 48.1 Å². The highest BCUT2D eigenvalue weighted by molar-refractivity contribution is 7.16. The summed E-state index contributed by atoms with van der Waals surface area (Å²) in [4.78, 5) is 42.2. The van der Waals surface area contributed by atoms with Gasteiger partial charge in [0.05, 0.1) is 10.2 Å².